The van der Waals surface area contributed by atoms with E-state index in [0.29, 0.717) is 23.5 Å². The maximum atomic E-state index is 14.7. The van der Waals surface area contributed by atoms with Crippen LogP contribution in [0, 0.1) is 12.7 Å². The standard InChI is InChI=1S/C15H15FN2O3S/c1-7-12-11(22-6-9(14(12)19)15(20)21)4-10(13(7)16)18-3-2-8(17)5-18/h4,6,8H,2-3,5,17H2,1H3,(H,20,21). The van der Waals surface area contributed by atoms with Gasteiger partial charge < -0.3 is 15.7 Å². The molecule has 7 heteroatoms. The number of halogens is 1. The normalized spacial score (nSPS) is 18.1. The van der Waals surface area contributed by atoms with Gasteiger partial charge in [0, 0.05) is 34.6 Å². The third kappa shape index (κ3) is 2.26. The molecule has 0 bridgehead atoms. The fourth-order valence-electron chi connectivity index (χ4n) is 2.82. The zero-order chi connectivity index (χ0) is 16.0. The smallest absolute Gasteiger partial charge is 0.340 e. The number of nitrogens with zero attached hydrogens (tertiary/aromatic N) is 1. The summed E-state index contributed by atoms with van der Waals surface area (Å²) < 4.78 is 15.2. The molecule has 1 aromatic carbocycles. The van der Waals surface area contributed by atoms with Crippen LogP contribution in [0.4, 0.5) is 10.1 Å². The lowest BCUT2D eigenvalue weighted by Crippen LogP contribution is -2.27. The van der Waals surface area contributed by atoms with Gasteiger partial charge in [0.2, 0.25) is 5.43 Å². The molecule has 3 N–H and O–H groups in total. The summed E-state index contributed by atoms with van der Waals surface area (Å²) in [6.45, 7) is 2.76. The zero-order valence-electron chi connectivity index (χ0n) is 11.9. The molecule has 1 aliphatic heterocycles. The Hall–Kier alpha value is -1.99. The summed E-state index contributed by atoms with van der Waals surface area (Å²) in [7, 11) is 0. The molecule has 1 atom stereocenters. The number of carbonyl (C=O) groups is 1. The largest absolute Gasteiger partial charge is 0.478 e. The van der Waals surface area contributed by atoms with E-state index in [4.69, 9.17) is 10.8 Å². The van der Waals surface area contributed by atoms with Gasteiger partial charge in [0.25, 0.3) is 0 Å². The van der Waals surface area contributed by atoms with Gasteiger partial charge in [0.05, 0.1) is 5.69 Å². The second-order valence-electron chi connectivity index (χ2n) is 5.49. The first-order valence-electron chi connectivity index (χ1n) is 6.88. The van der Waals surface area contributed by atoms with Crippen LogP contribution < -0.4 is 16.1 Å². The van der Waals surface area contributed by atoms with Crippen molar-refractivity contribution >= 4 is 33.1 Å². The Kier molecular flexibility index (Phi) is 3.62. The fourth-order valence-corrected chi connectivity index (χ4v) is 3.81. The van der Waals surface area contributed by atoms with Gasteiger partial charge in [-0.1, -0.05) is 0 Å². The van der Waals surface area contributed by atoms with Crippen LogP contribution in [-0.2, 0) is 0 Å². The highest BCUT2D eigenvalue weighted by atomic mass is 32.1. The average molecular weight is 322 g/mol. The summed E-state index contributed by atoms with van der Waals surface area (Å²) in [5.41, 5.74) is 5.52. The minimum Gasteiger partial charge on any atom is -0.478 e. The summed E-state index contributed by atoms with van der Waals surface area (Å²) in [5.74, 6) is -1.77. The molecule has 116 valence electrons. The summed E-state index contributed by atoms with van der Waals surface area (Å²) >= 11 is 1.14. The molecule has 1 aliphatic rings. The lowest BCUT2D eigenvalue weighted by Gasteiger charge is -2.20. The molecule has 3 rings (SSSR count). The summed E-state index contributed by atoms with van der Waals surface area (Å²) in [6.07, 6.45) is 0.796. The van der Waals surface area contributed by atoms with E-state index in [-0.39, 0.29) is 22.6 Å². The molecule has 1 saturated heterocycles. The molecule has 2 aromatic rings. The molecule has 0 aliphatic carbocycles. The van der Waals surface area contributed by atoms with Crippen molar-refractivity contribution in [3.8, 4) is 0 Å². The van der Waals surface area contributed by atoms with Crippen LogP contribution in [0.1, 0.15) is 22.3 Å². The highest BCUT2D eigenvalue weighted by Gasteiger charge is 2.25. The molecular weight excluding hydrogens is 307 g/mol. The first kappa shape index (κ1) is 14.9. The molecular formula is C15H15FN2O3S. The highest BCUT2D eigenvalue weighted by molar-refractivity contribution is 7.16. The fraction of sp³-hybridized carbons (Fsp3) is 0.333. The van der Waals surface area contributed by atoms with Crippen molar-refractivity contribution in [3.63, 3.8) is 0 Å². The van der Waals surface area contributed by atoms with Gasteiger partial charge in [-0.15, -0.1) is 11.3 Å². The number of carboxylic acids is 1. The number of nitrogens with two attached hydrogens (primary N) is 1. The van der Waals surface area contributed by atoms with Crippen molar-refractivity contribution in [2.75, 3.05) is 18.0 Å². The van der Waals surface area contributed by atoms with E-state index in [2.05, 4.69) is 0 Å². The van der Waals surface area contributed by atoms with E-state index in [9.17, 15) is 14.0 Å². The van der Waals surface area contributed by atoms with Crippen LogP contribution in [0.25, 0.3) is 10.1 Å². The van der Waals surface area contributed by atoms with E-state index in [0.717, 1.165) is 17.8 Å². The van der Waals surface area contributed by atoms with E-state index in [1.165, 1.54) is 12.3 Å². The Morgan fingerprint density at radius 2 is 2.27 bits per heavy atom. The zero-order valence-corrected chi connectivity index (χ0v) is 12.7. The van der Waals surface area contributed by atoms with Gasteiger partial charge in [-0.2, -0.15) is 0 Å². The number of hydrogen-bond donors (Lipinski definition) is 2. The van der Waals surface area contributed by atoms with E-state index in [1.54, 1.807) is 6.07 Å². The van der Waals surface area contributed by atoms with E-state index < -0.39 is 17.2 Å². The molecule has 0 saturated carbocycles. The molecule has 1 fully saturated rings. The lowest BCUT2D eigenvalue weighted by molar-refractivity contribution is 0.0696. The van der Waals surface area contributed by atoms with Gasteiger partial charge in [-0.05, 0) is 25.0 Å². The van der Waals surface area contributed by atoms with Gasteiger partial charge in [0.15, 0.2) is 0 Å². The Balaban J connectivity index is 2.24. The second kappa shape index (κ2) is 5.33. The predicted molar refractivity (Wildman–Crippen MR) is 84.6 cm³/mol. The topological polar surface area (TPSA) is 83.6 Å². The number of aryl methyl sites for hydroxylation is 1. The number of rotatable bonds is 2. The molecule has 2 heterocycles. The van der Waals surface area contributed by atoms with Gasteiger partial charge in [-0.25, -0.2) is 9.18 Å². The number of aromatic carboxylic acids is 1. The van der Waals surface area contributed by atoms with Crippen molar-refractivity contribution in [2.45, 2.75) is 19.4 Å². The Labute approximate surface area is 129 Å². The van der Waals surface area contributed by atoms with E-state index in [1.807, 2.05) is 4.90 Å². The van der Waals surface area contributed by atoms with Crippen LogP contribution in [0.15, 0.2) is 16.2 Å². The molecule has 1 unspecified atom stereocenters. The molecule has 0 spiro atoms. The quantitative estimate of drug-likeness (QED) is 0.883. The SMILES string of the molecule is Cc1c(F)c(N2CCC(N)C2)cc2scc(C(=O)O)c(=O)c12. The summed E-state index contributed by atoms with van der Waals surface area (Å²) in [6, 6.07) is 1.64. The number of carboxylic acid groups (broad SMARTS) is 1. The molecule has 0 amide bonds. The van der Waals surface area contributed by atoms with Gasteiger partial charge in [0.1, 0.15) is 11.4 Å². The van der Waals surface area contributed by atoms with Crippen molar-refractivity contribution in [3.05, 3.63) is 38.6 Å². The monoisotopic (exact) mass is 322 g/mol. The number of hydrogen-bond acceptors (Lipinski definition) is 5. The Morgan fingerprint density at radius 3 is 2.86 bits per heavy atom. The van der Waals surface area contributed by atoms with Crippen molar-refractivity contribution in [1.29, 1.82) is 0 Å². The van der Waals surface area contributed by atoms with E-state index >= 15 is 0 Å². The first-order valence-corrected chi connectivity index (χ1v) is 7.76. The van der Waals surface area contributed by atoms with Gasteiger partial charge >= 0.3 is 5.97 Å². The summed E-state index contributed by atoms with van der Waals surface area (Å²) in [4.78, 5) is 25.2. The minimum atomic E-state index is -1.29. The third-order valence-corrected chi connectivity index (χ3v) is 4.94. The molecule has 5 nitrogen and oxygen atoms in total. The van der Waals surface area contributed by atoms with Crippen LogP contribution in [0.5, 0.6) is 0 Å². The number of anilines is 1. The van der Waals surface area contributed by atoms with Crippen LogP contribution in [0.2, 0.25) is 0 Å². The third-order valence-electron chi connectivity index (χ3n) is 4.01. The maximum absolute atomic E-state index is 14.7. The van der Waals surface area contributed by atoms with Crippen molar-refractivity contribution < 1.29 is 14.3 Å². The van der Waals surface area contributed by atoms with Crippen LogP contribution in [-0.4, -0.2) is 30.2 Å². The van der Waals surface area contributed by atoms with Gasteiger partial charge in [-0.3, -0.25) is 4.79 Å². The van der Waals surface area contributed by atoms with Crippen molar-refractivity contribution in [2.24, 2.45) is 5.73 Å². The predicted octanol–water partition coefficient (Wildman–Crippen LogP) is 1.94. The Bertz CT molecular complexity index is 834. The average Bonchev–Trinajstić information content (AvgIpc) is 2.88. The highest BCUT2D eigenvalue weighted by Crippen LogP contribution is 2.32. The van der Waals surface area contributed by atoms with Crippen LogP contribution >= 0.6 is 11.3 Å². The molecule has 1 aromatic heterocycles. The molecule has 22 heavy (non-hydrogen) atoms. The maximum Gasteiger partial charge on any atom is 0.340 e. The lowest BCUT2D eigenvalue weighted by atomic mass is 10.1. The Morgan fingerprint density at radius 1 is 1.55 bits per heavy atom. The van der Waals surface area contributed by atoms with Crippen molar-refractivity contribution in [1.82, 2.24) is 0 Å². The number of benzene rings is 1. The molecule has 0 radical (unpaired) electrons. The van der Waals surface area contributed by atoms with Crippen LogP contribution in [0.3, 0.4) is 0 Å². The second-order valence-corrected chi connectivity index (χ2v) is 6.40. The number of fused-ring (bicyclic) bond motifs is 1. The first-order chi connectivity index (χ1) is 10.4. The summed E-state index contributed by atoms with van der Waals surface area (Å²) in [5, 5.41) is 10.5. The minimum absolute atomic E-state index is 0.0172.